The highest BCUT2D eigenvalue weighted by molar-refractivity contribution is 6.42. The van der Waals surface area contributed by atoms with Crippen molar-refractivity contribution in [1.29, 1.82) is 0 Å². The number of nitrogens with one attached hydrogen (secondary N) is 2. The molecule has 3 aliphatic rings. The molecule has 0 unspecified atom stereocenters. The Morgan fingerprint density at radius 3 is 2.74 bits per heavy atom. The second kappa shape index (κ2) is 9.41. The van der Waals surface area contributed by atoms with Gasteiger partial charge in [0.1, 0.15) is 11.6 Å². The first-order valence-corrected chi connectivity index (χ1v) is 13.0. The van der Waals surface area contributed by atoms with Gasteiger partial charge in [0.05, 0.1) is 21.4 Å². The summed E-state index contributed by atoms with van der Waals surface area (Å²) in [6.45, 7) is 2.95. The summed E-state index contributed by atoms with van der Waals surface area (Å²) in [6.07, 6.45) is 6.97. The predicted molar refractivity (Wildman–Crippen MR) is 136 cm³/mol. The molecule has 2 fully saturated rings. The highest BCUT2D eigenvalue weighted by Crippen LogP contribution is 2.33. The van der Waals surface area contributed by atoms with Crippen LogP contribution in [-0.4, -0.2) is 49.5 Å². The molecule has 2 N–H and O–H groups in total. The van der Waals surface area contributed by atoms with Crippen molar-refractivity contribution in [2.75, 3.05) is 18.4 Å². The fourth-order valence-corrected chi connectivity index (χ4v) is 5.43. The Morgan fingerprint density at radius 2 is 1.94 bits per heavy atom. The van der Waals surface area contributed by atoms with Crippen LogP contribution in [0.5, 0.6) is 0 Å². The number of imidazole rings is 1. The number of likely N-dealkylation sites (tertiary alicyclic amines) is 1. The van der Waals surface area contributed by atoms with E-state index in [2.05, 4.69) is 20.2 Å². The van der Waals surface area contributed by atoms with E-state index < -0.39 is 0 Å². The molecule has 10 heteroatoms. The minimum absolute atomic E-state index is 0.132. The molecule has 6 rings (SSSR count). The van der Waals surface area contributed by atoms with Gasteiger partial charge in [-0.25, -0.2) is 9.97 Å². The Morgan fingerprint density at radius 1 is 1.06 bits per heavy atom. The van der Waals surface area contributed by atoms with E-state index in [1.54, 1.807) is 12.3 Å². The maximum atomic E-state index is 12.7. The fourth-order valence-electron chi connectivity index (χ4n) is 5.13. The van der Waals surface area contributed by atoms with E-state index in [0.717, 1.165) is 60.8 Å². The molecule has 0 bridgehead atoms. The van der Waals surface area contributed by atoms with Gasteiger partial charge in [0.25, 0.3) is 0 Å². The number of piperidine rings is 1. The lowest BCUT2D eigenvalue weighted by molar-refractivity contribution is -0.139. The standard InChI is InChI=1S/C25H27Cl2N7O/c26-18-7-6-16(11-19(18)27)23-31-20-12-28-13-21(20)34(23)22-8-9-29-25(32-22)30-17-5-2-10-33(14-17)24(35)15-3-1-4-15/h6-9,11,15,17,28H,1-5,10,12-14H2,(H,29,30,32)/t17-/m0/s1. The van der Waals surface area contributed by atoms with Gasteiger partial charge in [0.2, 0.25) is 11.9 Å². The van der Waals surface area contributed by atoms with Crippen LogP contribution in [0.2, 0.25) is 10.0 Å². The highest BCUT2D eigenvalue weighted by Gasteiger charge is 2.32. The maximum absolute atomic E-state index is 12.7. The van der Waals surface area contributed by atoms with Crippen molar-refractivity contribution in [3.8, 4) is 17.2 Å². The van der Waals surface area contributed by atoms with Crippen molar-refractivity contribution in [3.63, 3.8) is 0 Å². The SMILES string of the molecule is O=C(C1CCC1)N1CCC[C@H](Nc2nccc(-n3c(-c4ccc(Cl)c(Cl)c4)nc4c3CNC4)n2)C1. The third-order valence-corrected chi connectivity index (χ3v) is 7.95. The number of aromatic nitrogens is 4. The molecule has 3 aromatic rings. The minimum atomic E-state index is 0.132. The normalized spacial score (nSPS) is 19.9. The van der Waals surface area contributed by atoms with E-state index in [9.17, 15) is 4.79 Å². The van der Waals surface area contributed by atoms with E-state index in [1.807, 2.05) is 23.1 Å². The highest BCUT2D eigenvalue weighted by atomic mass is 35.5. The maximum Gasteiger partial charge on any atom is 0.225 e. The topological polar surface area (TPSA) is 88.0 Å². The van der Waals surface area contributed by atoms with Gasteiger partial charge in [-0.05, 0) is 49.9 Å². The molecule has 35 heavy (non-hydrogen) atoms. The third kappa shape index (κ3) is 4.39. The Hall–Kier alpha value is -2.68. The van der Waals surface area contributed by atoms with E-state index in [1.165, 1.54) is 6.42 Å². The first kappa shape index (κ1) is 22.8. The Bertz CT molecular complexity index is 1270. The molecular formula is C25H27Cl2N7O. The van der Waals surface area contributed by atoms with Gasteiger partial charge in [-0.2, -0.15) is 4.98 Å². The van der Waals surface area contributed by atoms with Crippen LogP contribution in [0, 0.1) is 5.92 Å². The quantitative estimate of drug-likeness (QED) is 0.526. The molecule has 2 aliphatic heterocycles. The second-order valence-corrected chi connectivity index (χ2v) is 10.3. The third-order valence-electron chi connectivity index (χ3n) is 7.21. The monoisotopic (exact) mass is 511 g/mol. The number of fused-ring (bicyclic) bond motifs is 1. The van der Waals surface area contributed by atoms with Gasteiger partial charge in [-0.15, -0.1) is 0 Å². The Balaban J connectivity index is 1.27. The van der Waals surface area contributed by atoms with E-state index in [0.29, 0.717) is 41.5 Å². The van der Waals surface area contributed by atoms with Crippen molar-refractivity contribution < 1.29 is 4.79 Å². The summed E-state index contributed by atoms with van der Waals surface area (Å²) in [6, 6.07) is 7.56. The van der Waals surface area contributed by atoms with Crippen LogP contribution in [0.15, 0.2) is 30.5 Å². The summed E-state index contributed by atoms with van der Waals surface area (Å²) < 4.78 is 2.06. The van der Waals surface area contributed by atoms with Crippen LogP contribution in [0.4, 0.5) is 5.95 Å². The van der Waals surface area contributed by atoms with Crippen molar-refractivity contribution >= 4 is 35.1 Å². The number of anilines is 1. The predicted octanol–water partition coefficient (Wildman–Crippen LogP) is 4.44. The molecule has 0 spiro atoms. The van der Waals surface area contributed by atoms with Crippen molar-refractivity contribution in [2.24, 2.45) is 5.92 Å². The Kier molecular flexibility index (Phi) is 6.12. The number of benzene rings is 1. The molecule has 4 heterocycles. The van der Waals surface area contributed by atoms with Crippen LogP contribution in [0.3, 0.4) is 0 Å². The fraction of sp³-hybridized carbons (Fsp3) is 0.440. The number of carbonyl (C=O) groups excluding carboxylic acids is 1. The zero-order valence-corrected chi connectivity index (χ0v) is 20.8. The molecule has 2 aromatic heterocycles. The first-order chi connectivity index (χ1) is 17.1. The van der Waals surface area contributed by atoms with Crippen molar-refractivity contribution in [3.05, 3.63) is 51.9 Å². The van der Waals surface area contributed by atoms with Crippen LogP contribution < -0.4 is 10.6 Å². The summed E-state index contributed by atoms with van der Waals surface area (Å²) in [5.74, 6) is 2.60. The number of amides is 1. The van der Waals surface area contributed by atoms with Crippen molar-refractivity contribution in [1.82, 2.24) is 29.7 Å². The average molecular weight is 512 g/mol. The summed E-state index contributed by atoms with van der Waals surface area (Å²) in [5, 5.41) is 7.84. The minimum Gasteiger partial charge on any atom is -0.350 e. The van der Waals surface area contributed by atoms with E-state index in [-0.39, 0.29) is 12.0 Å². The number of nitrogens with zero attached hydrogens (tertiary/aromatic N) is 5. The molecule has 1 aliphatic carbocycles. The number of hydrogen-bond acceptors (Lipinski definition) is 6. The lowest BCUT2D eigenvalue weighted by Gasteiger charge is -2.37. The van der Waals surface area contributed by atoms with Crippen molar-refractivity contribution in [2.45, 2.75) is 51.2 Å². The lowest BCUT2D eigenvalue weighted by atomic mass is 9.84. The summed E-state index contributed by atoms with van der Waals surface area (Å²) in [5.41, 5.74) is 2.95. The van der Waals surface area contributed by atoms with Gasteiger partial charge in [0.15, 0.2) is 0 Å². The zero-order chi connectivity index (χ0) is 23.9. The summed E-state index contributed by atoms with van der Waals surface area (Å²) in [7, 11) is 0. The molecule has 1 saturated heterocycles. The molecule has 182 valence electrons. The van der Waals surface area contributed by atoms with Crippen LogP contribution >= 0.6 is 23.2 Å². The number of halogens is 2. The lowest BCUT2D eigenvalue weighted by Crippen LogP contribution is -2.48. The molecule has 1 aromatic carbocycles. The van der Waals surface area contributed by atoms with E-state index in [4.69, 9.17) is 33.2 Å². The largest absolute Gasteiger partial charge is 0.350 e. The van der Waals surface area contributed by atoms with Gasteiger partial charge in [-0.3, -0.25) is 9.36 Å². The van der Waals surface area contributed by atoms with Crippen LogP contribution in [-0.2, 0) is 17.9 Å². The summed E-state index contributed by atoms with van der Waals surface area (Å²) in [4.78, 5) is 29.0. The van der Waals surface area contributed by atoms with Gasteiger partial charge in [-0.1, -0.05) is 29.6 Å². The molecule has 0 radical (unpaired) electrons. The van der Waals surface area contributed by atoms with E-state index >= 15 is 0 Å². The van der Waals surface area contributed by atoms with Gasteiger partial charge in [0, 0.05) is 49.9 Å². The van der Waals surface area contributed by atoms with Gasteiger partial charge >= 0.3 is 0 Å². The van der Waals surface area contributed by atoms with Crippen LogP contribution in [0.25, 0.3) is 17.2 Å². The molecule has 8 nitrogen and oxygen atoms in total. The molecule has 1 atom stereocenters. The zero-order valence-electron chi connectivity index (χ0n) is 19.3. The van der Waals surface area contributed by atoms with Gasteiger partial charge < -0.3 is 15.5 Å². The first-order valence-electron chi connectivity index (χ1n) is 12.2. The molecule has 1 amide bonds. The second-order valence-electron chi connectivity index (χ2n) is 9.53. The molecule has 1 saturated carbocycles. The Labute approximate surface area is 214 Å². The number of carbonyl (C=O) groups is 1. The average Bonchev–Trinajstić information content (AvgIpc) is 3.41. The summed E-state index contributed by atoms with van der Waals surface area (Å²) >= 11 is 12.5. The van der Waals surface area contributed by atoms with Crippen LogP contribution in [0.1, 0.15) is 43.5 Å². The number of rotatable bonds is 5. The number of hydrogen-bond donors (Lipinski definition) is 2. The smallest absolute Gasteiger partial charge is 0.225 e. The molecular weight excluding hydrogens is 485 g/mol.